The quantitative estimate of drug-likeness (QED) is 0.767. The minimum atomic E-state index is -0.756. The van der Waals surface area contributed by atoms with Crippen LogP contribution in [0.25, 0.3) is 0 Å². The van der Waals surface area contributed by atoms with Crippen LogP contribution in [0.2, 0.25) is 0 Å². The number of ether oxygens (including phenoxy) is 2. The summed E-state index contributed by atoms with van der Waals surface area (Å²) in [6, 6.07) is 5.52. The molecular weight excluding hydrogens is 344 g/mol. The molecule has 2 amide bonds. The van der Waals surface area contributed by atoms with E-state index in [2.05, 4.69) is 10.6 Å². The highest BCUT2D eigenvalue weighted by molar-refractivity contribution is 5.88. The lowest BCUT2D eigenvalue weighted by molar-refractivity contribution is -0.130. The van der Waals surface area contributed by atoms with E-state index in [9.17, 15) is 9.59 Å². The summed E-state index contributed by atoms with van der Waals surface area (Å²) in [5.41, 5.74) is -0.380. The molecule has 150 valence electrons. The van der Waals surface area contributed by atoms with E-state index in [0.717, 1.165) is 5.56 Å². The second-order valence-corrected chi connectivity index (χ2v) is 7.99. The molecule has 0 spiro atoms. The number of carbonyl (C=O) groups excluding carboxylic acids is 2. The van der Waals surface area contributed by atoms with Crippen molar-refractivity contribution in [2.45, 2.75) is 71.4 Å². The lowest BCUT2D eigenvalue weighted by Gasteiger charge is -2.41. The summed E-state index contributed by atoms with van der Waals surface area (Å²) < 4.78 is 11.3. The third kappa shape index (κ3) is 4.73. The Balaban J connectivity index is 2.22. The summed E-state index contributed by atoms with van der Waals surface area (Å²) in [6.07, 6.45) is 1.06. The molecule has 0 aromatic heterocycles. The fraction of sp³-hybridized carbons (Fsp3) is 0.619. The van der Waals surface area contributed by atoms with Gasteiger partial charge < -0.3 is 20.1 Å². The smallest absolute Gasteiger partial charge is 0.230 e. The van der Waals surface area contributed by atoms with Gasteiger partial charge in [0.2, 0.25) is 11.8 Å². The Labute approximate surface area is 162 Å². The van der Waals surface area contributed by atoms with Crippen molar-refractivity contribution >= 4 is 11.8 Å². The van der Waals surface area contributed by atoms with E-state index >= 15 is 0 Å². The van der Waals surface area contributed by atoms with Gasteiger partial charge in [-0.2, -0.15) is 0 Å². The number of amides is 2. The van der Waals surface area contributed by atoms with Gasteiger partial charge in [-0.25, -0.2) is 0 Å². The topological polar surface area (TPSA) is 76.7 Å². The Bertz CT molecular complexity index is 697. The molecule has 0 saturated carbocycles. The molecule has 1 aromatic carbocycles. The number of hydrogen-bond donors (Lipinski definition) is 2. The van der Waals surface area contributed by atoms with Gasteiger partial charge in [0.1, 0.15) is 0 Å². The Hall–Kier alpha value is -2.24. The van der Waals surface area contributed by atoms with Crippen molar-refractivity contribution in [1.29, 1.82) is 0 Å². The molecule has 6 nitrogen and oxygen atoms in total. The molecule has 0 aliphatic carbocycles. The first kappa shape index (κ1) is 21.1. The predicted molar refractivity (Wildman–Crippen MR) is 105 cm³/mol. The zero-order valence-electron chi connectivity index (χ0n) is 17.3. The number of benzene rings is 1. The van der Waals surface area contributed by atoms with Crippen molar-refractivity contribution < 1.29 is 19.1 Å². The van der Waals surface area contributed by atoms with Crippen LogP contribution in [0, 0.1) is 0 Å². The molecule has 2 N–H and O–H groups in total. The second-order valence-electron chi connectivity index (χ2n) is 7.99. The molecule has 1 aliphatic rings. The van der Waals surface area contributed by atoms with Crippen LogP contribution in [-0.2, 0) is 15.0 Å². The van der Waals surface area contributed by atoms with E-state index in [-0.39, 0.29) is 17.9 Å². The van der Waals surface area contributed by atoms with Gasteiger partial charge >= 0.3 is 0 Å². The van der Waals surface area contributed by atoms with Gasteiger partial charge in [0.25, 0.3) is 0 Å². The van der Waals surface area contributed by atoms with Crippen molar-refractivity contribution in [2.24, 2.45) is 0 Å². The fourth-order valence-electron chi connectivity index (χ4n) is 3.31. The molecule has 1 aromatic rings. The highest BCUT2D eigenvalue weighted by atomic mass is 16.5. The van der Waals surface area contributed by atoms with E-state index in [4.69, 9.17) is 9.47 Å². The highest BCUT2D eigenvalue weighted by Gasteiger charge is 2.39. The van der Waals surface area contributed by atoms with Crippen LogP contribution in [0.15, 0.2) is 18.2 Å². The van der Waals surface area contributed by atoms with Gasteiger partial charge in [-0.15, -0.1) is 0 Å². The van der Waals surface area contributed by atoms with Crippen LogP contribution in [0.5, 0.6) is 11.5 Å². The predicted octanol–water partition coefficient (Wildman–Crippen LogP) is 2.94. The maximum Gasteiger partial charge on any atom is 0.230 e. The molecule has 1 fully saturated rings. The van der Waals surface area contributed by atoms with Crippen LogP contribution in [0.4, 0.5) is 0 Å². The number of piperidine rings is 1. The fourth-order valence-corrected chi connectivity index (χ4v) is 3.31. The number of rotatable bonds is 7. The standard InChI is InChI=1S/C21H32N2O4/c1-7-26-15-10-9-14(13-16(15)27-8-2)20(3,4)19(25)22-17-11-12-18(24)23-21(17,5)6/h9-10,13,17H,7-8,11-12H2,1-6H3,(H,22,25)(H,23,24). The first-order chi connectivity index (χ1) is 12.6. The molecule has 0 radical (unpaired) electrons. The van der Waals surface area contributed by atoms with E-state index < -0.39 is 11.0 Å². The van der Waals surface area contributed by atoms with Gasteiger partial charge in [0.05, 0.1) is 30.2 Å². The summed E-state index contributed by atoms with van der Waals surface area (Å²) >= 11 is 0. The molecule has 27 heavy (non-hydrogen) atoms. The molecule has 1 heterocycles. The third-order valence-electron chi connectivity index (χ3n) is 5.13. The molecule has 6 heteroatoms. The van der Waals surface area contributed by atoms with E-state index in [1.54, 1.807) is 0 Å². The molecule has 1 atom stereocenters. The van der Waals surface area contributed by atoms with Gasteiger partial charge in [-0.3, -0.25) is 9.59 Å². The van der Waals surface area contributed by atoms with E-state index in [1.165, 1.54) is 0 Å². The minimum absolute atomic E-state index is 0.0256. The minimum Gasteiger partial charge on any atom is -0.490 e. The molecular formula is C21H32N2O4. The normalized spacial score (nSPS) is 19.2. The average Bonchev–Trinajstić information content (AvgIpc) is 2.58. The first-order valence-electron chi connectivity index (χ1n) is 9.64. The maximum atomic E-state index is 13.1. The van der Waals surface area contributed by atoms with Crippen LogP contribution < -0.4 is 20.1 Å². The van der Waals surface area contributed by atoms with Crippen molar-refractivity contribution in [1.82, 2.24) is 10.6 Å². The summed E-state index contributed by atoms with van der Waals surface area (Å²) in [6.45, 7) is 12.6. The van der Waals surface area contributed by atoms with E-state index in [0.29, 0.717) is 37.6 Å². The van der Waals surface area contributed by atoms with E-state index in [1.807, 2.05) is 59.7 Å². The molecule has 1 unspecified atom stereocenters. The molecule has 0 bridgehead atoms. The molecule has 2 rings (SSSR count). The zero-order chi connectivity index (χ0) is 20.2. The first-order valence-corrected chi connectivity index (χ1v) is 9.64. The summed E-state index contributed by atoms with van der Waals surface area (Å²) in [5.74, 6) is 1.26. The molecule has 1 saturated heterocycles. The molecule has 1 aliphatic heterocycles. The summed E-state index contributed by atoms with van der Waals surface area (Å²) in [5, 5.41) is 6.09. The van der Waals surface area contributed by atoms with Crippen LogP contribution in [-0.4, -0.2) is 36.6 Å². The van der Waals surface area contributed by atoms with Gasteiger partial charge in [-0.05, 0) is 65.7 Å². The Morgan fingerprint density at radius 3 is 2.44 bits per heavy atom. The Morgan fingerprint density at radius 2 is 1.85 bits per heavy atom. The Kier molecular flexibility index (Phi) is 6.39. The van der Waals surface area contributed by atoms with Crippen LogP contribution in [0.3, 0.4) is 0 Å². The monoisotopic (exact) mass is 376 g/mol. The van der Waals surface area contributed by atoms with Crippen molar-refractivity contribution in [3.63, 3.8) is 0 Å². The lowest BCUT2D eigenvalue weighted by atomic mass is 9.81. The van der Waals surface area contributed by atoms with Crippen LogP contribution >= 0.6 is 0 Å². The maximum absolute atomic E-state index is 13.1. The van der Waals surface area contributed by atoms with Crippen LogP contribution in [0.1, 0.15) is 59.9 Å². The van der Waals surface area contributed by atoms with Crippen molar-refractivity contribution in [3.05, 3.63) is 23.8 Å². The van der Waals surface area contributed by atoms with Gasteiger partial charge in [0, 0.05) is 6.42 Å². The second kappa shape index (κ2) is 8.19. The SMILES string of the molecule is CCOc1ccc(C(C)(C)C(=O)NC2CCC(=O)NC2(C)C)cc1OCC. The third-order valence-corrected chi connectivity index (χ3v) is 5.13. The zero-order valence-corrected chi connectivity index (χ0v) is 17.3. The van der Waals surface area contributed by atoms with Crippen molar-refractivity contribution in [3.8, 4) is 11.5 Å². The number of hydrogen-bond acceptors (Lipinski definition) is 4. The van der Waals surface area contributed by atoms with Crippen molar-refractivity contribution in [2.75, 3.05) is 13.2 Å². The Morgan fingerprint density at radius 1 is 1.22 bits per heavy atom. The average molecular weight is 376 g/mol. The summed E-state index contributed by atoms with van der Waals surface area (Å²) in [7, 11) is 0. The number of carbonyl (C=O) groups is 2. The van der Waals surface area contributed by atoms with Gasteiger partial charge in [-0.1, -0.05) is 6.07 Å². The number of nitrogens with one attached hydrogen (secondary N) is 2. The summed E-state index contributed by atoms with van der Waals surface area (Å²) in [4.78, 5) is 24.7. The lowest BCUT2D eigenvalue weighted by Crippen LogP contribution is -2.63. The largest absolute Gasteiger partial charge is 0.490 e. The highest BCUT2D eigenvalue weighted by Crippen LogP contribution is 2.34. The van der Waals surface area contributed by atoms with Gasteiger partial charge in [0.15, 0.2) is 11.5 Å².